The SMILES string of the molecule is N#C/C(=C\c1cc(Br)cc(Br)c1O)C(=O)Nc1cccc(Cl)c1. The van der Waals surface area contributed by atoms with Crippen molar-refractivity contribution in [3.63, 3.8) is 0 Å². The van der Waals surface area contributed by atoms with Crippen LogP contribution in [0.15, 0.2) is 50.9 Å². The number of nitrogens with one attached hydrogen (secondary N) is 1. The smallest absolute Gasteiger partial charge is 0.266 e. The molecular weight excluding hydrogens is 447 g/mol. The first-order valence-corrected chi connectivity index (χ1v) is 8.24. The number of nitriles is 1. The van der Waals surface area contributed by atoms with Crippen molar-refractivity contribution in [3.8, 4) is 11.8 Å². The van der Waals surface area contributed by atoms with Crippen molar-refractivity contribution in [2.75, 3.05) is 5.32 Å². The van der Waals surface area contributed by atoms with E-state index in [4.69, 9.17) is 11.6 Å². The van der Waals surface area contributed by atoms with Crippen molar-refractivity contribution in [1.82, 2.24) is 0 Å². The van der Waals surface area contributed by atoms with Crippen LogP contribution in [-0.2, 0) is 4.79 Å². The van der Waals surface area contributed by atoms with Gasteiger partial charge in [-0.1, -0.05) is 33.6 Å². The van der Waals surface area contributed by atoms with Gasteiger partial charge in [0.15, 0.2) is 0 Å². The first-order valence-electron chi connectivity index (χ1n) is 6.27. The van der Waals surface area contributed by atoms with E-state index in [1.54, 1.807) is 36.4 Å². The third kappa shape index (κ3) is 4.58. The maximum absolute atomic E-state index is 12.2. The Balaban J connectivity index is 2.32. The summed E-state index contributed by atoms with van der Waals surface area (Å²) >= 11 is 12.3. The molecular formula is C16H9Br2ClN2O2. The van der Waals surface area contributed by atoms with Gasteiger partial charge in [0.25, 0.3) is 5.91 Å². The number of hydrogen-bond donors (Lipinski definition) is 2. The Labute approximate surface area is 154 Å². The molecule has 4 nitrogen and oxygen atoms in total. The first-order chi connectivity index (χ1) is 10.9. The summed E-state index contributed by atoms with van der Waals surface area (Å²) < 4.78 is 1.15. The van der Waals surface area contributed by atoms with E-state index in [9.17, 15) is 15.2 Å². The van der Waals surface area contributed by atoms with Crippen molar-refractivity contribution in [3.05, 3.63) is 61.5 Å². The number of rotatable bonds is 3. The number of hydrogen-bond acceptors (Lipinski definition) is 3. The zero-order valence-corrected chi connectivity index (χ0v) is 15.4. The van der Waals surface area contributed by atoms with Crippen LogP contribution in [0.2, 0.25) is 5.02 Å². The molecule has 0 radical (unpaired) electrons. The van der Waals surface area contributed by atoms with E-state index in [1.165, 1.54) is 6.08 Å². The van der Waals surface area contributed by atoms with Crippen LogP contribution in [0.1, 0.15) is 5.56 Å². The Morgan fingerprint density at radius 3 is 2.70 bits per heavy atom. The standard InChI is InChI=1S/C16H9Br2ClN2O2/c17-11-5-9(15(22)14(18)6-11)4-10(8-20)16(23)21-13-3-1-2-12(19)7-13/h1-7,22H,(H,21,23)/b10-4+. The molecule has 2 rings (SSSR count). The number of aromatic hydroxyl groups is 1. The fourth-order valence-corrected chi connectivity index (χ4v) is 3.21. The van der Waals surface area contributed by atoms with Crippen LogP contribution in [0, 0.1) is 11.3 Å². The molecule has 0 aliphatic carbocycles. The summed E-state index contributed by atoms with van der Waals surface area (Å²) in [6.45, 7) is 0. The van der Waals surface area contributed by atoms with Gasteiger partial charge in [0, 0.05) is 20.7 Å². The van der Waals surface area contributed by atoms with E-state index >= 15 is 0 Å². The van der Waals surface area contributed by atoms with Gasteiger partial charge in [-0.3, -0.25) is 4.79 Å². The predicted octanol–water partition coefficient (Wildman–Crippen LogP) is 5.12. The predicted molar refractivity (Wildman–Crippen MR) is 97.2 cm³/mol. The van der Waals surface area contributed by atoms with Crippen LogP contribution in [0.4, 0.5) is 5.69 Å². The van der Waals surface area contributed by atoms with Crippen LogP contribution in [0.25, 0.3) is 6.08 Å². The van der Waals surface area contributed by atoms with Crippen LogP contribution < -0.4 is 5.32 Å². The zero-order chi connectivity index (χ0) is 17.0. The molecule has 0 spiro atoms. The Hall–Kier alpha value is -1.81. The molecule has 7 heteroatoms. The van der Waals surface area contributed by atoms with Gasteiger partial charge in [-0.25, -0.2) is 0 Å². The highest BCUT2D eigenvalue weighted by molar-refractivity contribution is 9.11. The number of carbonyl (C=O) groups excluding carboxylic acids is 1. The van der Waals surface area contributed by atoms with Gasteiger partial charge in [0.1, 0.15) is 17.4 Å². The summed E-state index contributed by atoms with van der Waals surface area (Å²) in [5, 5.41) is 22.3. The second-order valence-electron chi connectivity index (χ2n) is 4.46. The lowest BCUT2D eigenvalue weighted by molar-refractivity contribution is -0.112. The second kappa shape index (κ2) is 7.64. The number of anilines is 1. The quantitative estimate of drug-likeness (QED) is 0.498. The van der Waals surface area contributed by atoms with E-state index in [1.807, 2.05) is 6.07 Å². The average Bonchev–Trinajstić information content (AvgIpc) is 2.49. The average molecular weight is 457 g/mol. The molecule has 0 aliphatic heterocycles. The molecule has 0 atom stereocenters. The number of nitrogens with zero attached hydrogens (tertiary/aromatic N) is 1. The molecule has 116 valence electrons. The molecule has 2 N–H and O–H groups in total. The Morgan fingerprint density at radius 1 is 1.30 bits per heavy atom. The lowest BCUT2D eigenvalue weighted by Crippen LogP contribution is -2.13. The molecule has 0 saturated heterocycles. The summed E-state index contributed by atoms with van der Waals surface area (Å²) in [5.74, 6) is -0.651. The van der Waals surface area contributed by atoms with Gasteiger partial charge in [0.05, 0.1) is 4.47 Å². The summed E-state index contributed by atoms with van der Waals surface area (Å²) in [4.78, 5) is 12.2. The molecule has 2 aromatic rings. The van der Waals surface area contributed by atoms with Crippen molar-refractivity contribution >= 4 is 61.1 Å². The molecule has 2 aromatic carbocycles. The number of carbonyl (C=O) groups is 1. The Morgan fingerprint density at radius 2 is 2.04 bits per heavy atom. The third-order valence-electron chi connectivity index (χ3n) is 2.81. The Bertz CT molecular complexity index is 844. The summed E-state index contributed by atoms with van der Waals surface area (Å²) in [6, 6.07) is 11.7. The largest absolute Gasteiger partial charge is 0.506 e. The van der Waals surface area contributed by atoms with Crippen LogP contribution >= 0.6 is 43.5 Å². The number of amides is 1. The van der Waals surface area contributed by atoms with Gasteiger partial charge in [-0.2, -0.15) is 5.26 Å². The lowest BCUT2D eigenvalue weighted by atomic mass is 10.1. The molecule has 0 heterocycles. The topological polar surface area (TPSA) is 73.1 Å². The van der Waals surface area contributed by atoms with Crippen LogP contribution in [-0.4, -0.2) is 11.0 Å². The highest BCUT2D eigenvalue weighted by Crippen LogP contribution is 2.33. The molecule has 1 amide bonds. The summed E-state index contributed by atoms with van der Waals surface area (Å²) in [7, 11) is 0. The number of phenols is 1. The van der Waals surface area contributed by atoms with Crippen LogP contribution in [0.3, 0.4) is 0 Å². The van der Waals surface area contributed by atoms with Gasteiger partial charge >= 0.3 is 0 Å². The molecule has 23 heavy (non-hydrogen) atoms. The number of benzene rings is 2. The monoisotopic (exact) mass is 454 g/mol. The zero-order valence-electron chi connectivity index (χ0n) is 11.5. The molecule has 0 aliphatic rings. The molecule has 0 aromatic heterocycles. The van der Waals surface area contributed by atoms with Crippen molar-refractivity contribution in [1.29, 1.82) is 5.26 Å². The van der Waals surface area contributed by atoms with Crippen LogP contribution in [0.5, 0.6) is 5.75 Å². The summed E-state index contributed by atoms with van der Waals surface area (Å²) in [5.41, 5.74) is 0.664. The van der Waals surface area contributed by atoms with Gasteiger partial charge in [-0.05, 0) is 52.3 Å². The second-order valence-corrected chi connectivity index (χ2v) is 6.67. The van der Waals surface area contributed by atoms with E-state index in [2.05, 4.69) is 37.2 Å². The third-order valence-corrected chi connectivity index (χ3v) is 4.10. The van der Waals surface area contributed by atoms with Gasteiger partial charge < -0.3 is 10.4 Å². The highest BCUT2D eigenvalue weighted by Gasteiger charge is 2.12. The highest BCUT2D eigenvalue weighted by atomic mass is 79.9. The maximum atomic E-state index is 12.2. The number of phenolic OH excluding ortho intramolecular Hbond substituents is 1. The fourth-order valence-electron chi connectivity index (χ4n) is 1.76. The maximum Gasteiger partial charge on any atom is 0.266 e. The molecule has 0 fully saturated rings. The minimum absolute atomic E-state index is 0.0588. The molecule has 0 saturated carbocycles. The van der Waals surface area contributed by atoms with E-state index in [0.29, 0.717) is 25.2 Å². The van der Waals surface area contributed by atoms with Crippen molar-refractivity contribution in [2.45, 2.75) is 0 Å². The lowest BCUT2D eigenvalue weighted by Gasteiger charge is -2.06. The van der Waals surface area contributed by atoms with Gasteiger partial charge in [0.2, 0.25) is 0 Å². The number of halogens is 3. The fraction of sp³-hybridized carbons (Fsp3) is 0. The normalized spacial score (nSPS) is 11.0. The van der Waals surface area contributed by atoms with E-state index in [0.717, 1.165) is 0 Å². The van der Waals surface area contributed by atoms with E-state index in [-0.39, 0.29) is 11.3 Å². The minimum Gasteiger partial charge on any atom is -0.506 e. The molecule has 0 unspecified atom stereocenters. The van der Waals surface area contributed by atoms with Crippen molar-refractivity contribution < 1.29 is 9.90 Å². The van der Waals surface area contributed by atoms with Gasteiger partial charge in [-0.15, -0.1) is 0 Å². The molecule has 0 bridgehead atoms. The van der Waals surface area contributed by atoms with Crippen molar-refractivity contribution in [2.24, 2.45) is 0 Å². The van der Waals surface area contributed by atoms with E-state index < -0.39 is 5.91 Å². The summed E-state index contributed by atoms with van der Waals surface area (Å²) in [6.07, 6.45) is 1.31. The Kier molecular flexibility index (Phi) is 5.83. The first kappa shape index (κ1) is 17.5. The minimum atomic E-state index is -0.592.